The van der Waals surface area contributed by atoms with Crippen molar-refractivity contribution in [2.24, 2.45) is 0 Å². The number of nitriles is 1. The Bertz CT molecular complexity index is 409. The fourth-order valence-corrected chi connectivity index (χ4v) is 2.11. The molecule has 0 saturated carbocycles. The van der Waals surface area contributed by atoms with Gasteiger partial charge in [0.1, 0.15) is 6.07 Å². The highest BCUT2D eigenvalue weighted by Gasteiger charge is 2.09. The van der Waals surface area contributed by atoms with Crippen LogP contribution in [0.2, 0.25) is 0 Å². The average molecular weight is 350 g/mol. The van der Waals surface area contributed by atoms with Crippen molar-refractivity contribution < 1.29 is 4.79 Å². The van der Waals surface area contributed by atoms with Gasteiger partial charge in [-0.25, -0.2) is 0 Å². The van der Waals surface area contributed by atoms with E-state index in [1.807, 2.05) is 22.6 Å². The molecule has 0 unspecified atom stereocenters. The van der Waals surface area contributed by atoms with Gasteiger partial charge < -0.3 is 0 Å². The highest BCUT2D eigenvalue weighted by atomic mass is 127. The molecule has 1 aromatic carbocycles. The van der Waals surface area contributed by atoms with Gasteiger partial charge in [0, 0.05) is 13.6 Å². The first kappa shape index (κ1) is 10.7. The van der Waals surface area contributed by atoms with Gasteiger partial charge in [-0.05, 0) is 41.6 Å². The van der Waals surface area contributed by atoms with Crippen LogP contribution in [-0.2, 0) is 0 Å². The van der Waals surface area contributed by atoms with Crippen molar-refractivity contribution >= 4 is 44.3 Å². The number of hydrogen-bond acceptors (Lipinski definition) is 2. The Balaban J connectivity index is 3.39. The van der Waals surface area contributed by atoms with E-state index in [0.29, 0.717) is 15.6 Å². The molecule has 0 aliphatic heterocycles. The molecule has 0 saturated heterocycles. The van der Waals surface area contributed by atoms with E-state index in [2.05, 4.69) is 22.0 Å². The lowest BCUT2D eigenvalue weighted by Crippen LogP contribution is -1.96. The topological polar surface area (TPSA) is 40.9 Å². The van der Waals surface area contributed by atoms with Crippen molar-refractivity contribution in [3.8, 4) is 6.07 Å². The number of rotatable bonds is 1. The van der Waals surface area contributed by atoms with Crippen LogP contribution in [0.4, 0.5) is 0 Å². The largest absolute Gasteiger partial charge is 0.294 e. The SMILES string of the molecule is CC(=O)c1cc(I)c(C#N)cc1Br. The monoisotopic (exact) mass is 349 g/mol. The second kappa shape index (κ2) is 4.20. The summed E-state index contributed by atoms with van der Waals surface area (Å²) < 4.78 is 1.48. The first-order chi connectivity index (χ1) is 6.06. The van der Waals surface area contributed by atoms with Crippen LogP contribution in [0.1, 0.15) is 22.8 Å². The van der Waals surface area contributed by atoms with E-state index in [0.717, 1.165) is 3.57 Å². The van der Waals surface area contributed by atoms with Crippen molar-refractivity contribution in [1.82, 2.24) is 0 Å². The lowest BCUT2D eigenvalue weighted by atomic mass is 10.1. The molecule has 2 nitrogen and oxygen atoms in total. The summed E-state index contributed by atoms with van der Waals surface area (Å²) in [6.07, 6.45) is 0. The number of nitrogens with zero attached hydrogens (tertiary/aromatic N) is 1. The summed E-state index contributed by atoms with van der Waals surface area (Å²) in [6.45, 7) is 1.50. The summed E-state index contributed by atoms with van der Waals surface area (Å²) in [6, 6.07) is 5.43. The first-order valence-electron chi connectivity index (χ1n) is 3.46. The van der Waals surface area contributed by atoms with E-state index in [4.69, 9.17) is 5.26 Å². The van der Waals surface area contributed by atoms with Gasteiger partial charge in [0.2, 0.25) is 0 Å². The van der Waals surface area contributed by atoms with Crippen molar-refractivity contribution in [2.45, 2.75) is 6.92 Å². The molecule has 66 valence electrons. The van der Waals surface area contributed by atoms with Crippen LogP contribution in [0.5, 0.6) is 0 Å². The van der Waals surface area contributed by atoms with Gasteiger partial charge in [-0.3, -0.25) is 4.79 Å². The maximum atomic E-state index is 11.1. The van der Waals surface area contributed by atoms with Gasteiger partial charge in [0.25, 0.3) is 0 Å². The van der Waals surface area contributed by atoms with E-state index in [1.54, 1.807) is 12.1 Å². The normalized spacial score (nSPS) is 9.38. The Morgan fingerprint density at radius 1 is 1.62 bits per heavy atom. The predicted molar refractivity (Wildman–Crippen MR) is 61.6 cm³/mol. The van der Waals surface area contributed by atoms with E-state index < -0.39 is 0 Å². The summed E-state index contributed by atoms with van der Waals surface area (Å²) in [7, 11) is 0. The third kappa shape index (κ3) is 2.29. The van der Waals surface area contributed by atoms with Gasteiger partial charge >= 0.3 is 0 Å². The van der Waals surface area contributed by atoms with Crippen LogP contribution in [0.25, 0.3) is 0 Å². The van der Waals surface area contributed by atoms with Gasteiger partial charge in [-0.15, -0.1) is 0 Å². The standard InChI is InChI=1S/C9H5BrINO/c1-5(13)7-3-9(11)6(4-12)2-8(7)10/h2-3H,1H3. The van der Waals surface area contributed by atoms with E-state index in [-0.39, 0.29) is 5.78 Å². The molecule has 4 heteroatoms. The molecule has 0 atom stereocenters. The molecule has 13 heavy (non-hydrogen) atoms. The van der Waals surface area contributed by atoms with Crippen LogP contribution in [0.3, 0.4) is 0 Å². The molecule has 0 aliphatic carbocycles. The van der Waals surface area contributed by atoms with Crippen LogP contribution in [-0.4, -0.2) is 5.78 Å². The first-order valence-corrected chi connectivity index (χ1v) is 5.33. The van der Waals surface area contributed by atoms with Crippen LogP contribution in [0.15, 0.2) is 16.6 Å². The summed E-state index contributed by atoms with van der Waals surface area (Å²) in [4.78, 5) is 11.1. The van der Waals surface area contributed by atoms with E-state index in [1.165, 1.54) is 6.92 Å². The summed E-state index contributed by atoms with van der Waals surface area (Å²) >= 11 is 5.29. The molecule has 0 spiro atoms. The minimum absolute atomic E-state index is 0.00530. The second-order valence-electron chi connectivity index (χ2n) is 2.48. The zero-order valence-corrected chi connectivity index (χ0v) is 10.5. The molecule has 0 bridgehead atoms. The van der Waals surface area contributed by atoms with Gasteiger partial charge in [-0.2, -0.15) is 5.26 Å². The molecule has 0 fully saturated rings. The smallest absolute Gasteiger partial charge is 0.160 e. The third-order valence-electron chi connectivity index (χ3n) is 1.56. The lowest BCUT2D eigenvalue weighted by molar-refractivity contribution is 0.101. The molecule has 0 aliphatic rings. The van der Waals surface area contributed by atoms with Crippen LogP contribution >= 0.6 is 38.5 Å². The Labute approximate surface area is 98.2 Å². The molecule has 1 rings (SSSR count). The van der Waals surface area contributed by atoms with E-state index >= 15 is 0 Å². The molecule has 1 aromatic rings. The quantitative estimate of drug-likeness (QED) is 0.577. The Hall–Kier alpha value is -0.410. The minimum Gasteiger partial charge on any atom is -0.294 e. The lowest BCUT2D eigenvalue weighted by Gasteiger charge is -2.02. The number of benzene rings is 1. The number of hydrogen-bond donors (Lipinski definition) is 0. The van der Waals surface area contributed by atoms with Gasteiger partial charge in [0.15, 0.2) is 5.78 Å². The maximum absolute atomic E-state index is 11.1. The fraction of sp³-hybridized carbons (Fsp3) is 0.111. The molecule has 0 N–H and O–H groups in total. The number of ketones is 1. The zero-order chi connectivity index (χ0) is 10.0. The molecule has 0 aromatic heterocycles. The third-order valence-corrected chi connectivity index (χ3v) is 3.11. The van der Waals surface area contributed by atoms with Gasteiger partial charge in [-0.1, -0.05) is 15.9 Å². The minimum atomic E-state index is -0.00530. The fourth-order valence-electron chi connectivity index (χ4n) is 0.902. The van der Waals surface area contributed by atoms with Crippen LogP contribution in [0, 0.1) is 14.9 Å². The number of halogens is 2. The number of carbonyl (C=O) groups is 1. The van der Waals surface area contributed by atoms with Crippen molar-refractivity contribution in [1.29, 1.82) is 5.26 Å². The zero-order valence-electron chi connectivity index (χ0n) is 6.77. The second-order valence-corrected chi connectivity index (χ2v) is 4.50. The van der Waals surface area contributed by atoms with Crippen molar-refractivity contribution in [3.63, 3.8) is 0 Å². The molecule has 0 amide bonds. The van der Waals surface area contributed by atoms with E-state index in [9.17, 15) is 4.79 Å². The van der Waals surface area contributed by atoms with Crippen molar-refractivity contribution in [3.05, 3.63) is 31.3 Å². The summed E-state index contributed by atoms with van der Waals surface area (Å²) in [5.74, 6) is -0.00530. The predicted octanol–water partition coefficient (Wildman–Crippen LogP) is 3.13. The Morgan fingerprint density at radius 2 is 2.23 bits per heavy atom. The molecular formula is C9H5BrINO. The highest BCUT2D eigenvalue weighted by molar-refractivity contribution is 14.1. The summed E-state index contributed by atoms with van der Waals surface area (Å²) in [5, 5.41) is 8.71. The molecular weight excluding hydrogens is 345 g/mol. The Morgan fingerprint density at radius 3 is 2.69 bits per heavy atom. The van der Waals surface area contributed by atoms with Crippen LogP contribution < -0.4 is 0 Å². The number of carbonyl (C=O) groups excluding carboxylic acids is 1. The number of Topliss-reactive ketones (excluding diaryl/α,β-unsaturated/α-hetero) is 1. The average Bonchev–Trinajstić information content (AvgIpc) is 2.07. The maximum Gasteiger partial charge on any atom is 0.160 e. The Kier molecular flexibility index (Phi) is 3.45. The molecule has 0 heterocycles. The van der Waals surface area contributed by atoms with Crippen molar-refractivity contribution in [2.75, 3.05) is 0 Å². The molecule has 0 radical (unpaired) electrons. The summed E-state index contributed by atoms with van der Waals surface area (Å²) in [5.41, 5.74) is 1.20. The highest BCUT2D eigenvalue weighted by Crippen LogP contribution is 2.23. The van der Waals surface area contributed by atoms with Gasteiger partial charge in [0.05, 0.1) is 5.56 Å².